The van der Waals surface area contributed by atoms with Gasteiger partial charge in [0.05, 0.1) is 6.61 Å². The van der Waals surface area contributed by atoms with Crippen LogP contribution in [0.2, 0.25) is 0 Å². The van der Waals surface area contributed by atoms with Gasteiger partial charge in [0.1, 0.15) is 0 Å². The third-order valence-corrected chi connectivity index (χ3v) is 0.855. The Labute approximate surface area is 52.5 Å². The van der Waals surface area contributed by atoms with Crippen LogP contribution in [0.25, 0.3) is 0 Å². The first-order valence-corrected chi connectivity index (χ1v) is 2.88. The van der Waals surface area contributed by atoms with E-state index in [0.29, 0.717) is 6.61 Å². The van der Waals surface area contributed by atoms with E-state index in [1.54, 1.807) is 7.11 Å². The number of ether oxygens (including phenoxy) is 1. The van der Waals surface area contributed by atoms with E-state index >= 15 is 0 Å². The normalized spacial score (nSPS) is 12.1. The quantitative estimate of drug-likeness (QED) is 0.607. The molecule has 42 valence electrons. The Morgan fingerprint density at radius 2 is 2.43 bits per heavy atom. The molecule has 0 aliphatic rings. The summed E-state index contributed by atoms with van der Waals surface area (Å²) in [5.41, 5.74) is 0. The highest BCUT2D eigenvalue weighted by Crippen LogP contribution is 1.99. The smallest absolute Gasteiger partial charge is 0.0654 e. The summed E-state index contributed by atoms with van der Waals surface area (Å²) >= 11 is 3.26. The Hall–Kier alpha value is 0.180. The first-order chi connectivity index (χ1) is 3.27. The van der Waals surface area contributed by atoms with Crippen LogP contribution in [0.4, 0.5) is 0 Å². The van der Waals surface area contributed by atoms with E-state index in [1.165, 1.54) is 0 Å². The fraction of sp³-hybridized carbons (Fsp3) is 0.600. The molecule has 0 amide bonds. The number of allylic oxidation sites excluding steroid dienone is 1. The van der Waals surface area contributed by atoms with E-state index in [4.69, 9.17) is 4.74 Å². The van der Waals surface area contributed by atoms with Crippen molar-refractivity contribution < 1.29 is 4.74 Å². The predicted octanol–water partition coefficient (Wildman–Crippen LogP) is 1.93. The summed E-state index contributed by atoms with van der Waals surface area (Å²) in [5, 5.41) is 0. The molecule has 2 heteroatoms. The van der Waals surface area contributed by atoms with Crippen LogP contribution >= 0.6 is 15.9 Å². The lowest BCUT2D eigenvalue weighted by atomic mass is 10.6. The van der Waals surface area contributed by atoms with E-state index in [9.17, 15) is 0 Å². The Bertz CT molecular complexity index is 64.5. The number of methoxy groups -OCH3 is 1. The van der Waals surface area contributed by atoms with Gasteiger partial charge in [-0.3, -0.25) is 0 Å². The molecule has 0 unspecified atom stereocenters. The number of hydrogen-bond acceptors (Lipinski definition) is 1. The van der Waals surface area contributed by atoms with E-state index in [-0.39, 0.29) is 0 Å². The minimum absolute atomic E-state index is 0.692. The second kappa shape index (κ2) is 4.34. The first-order valence-electron chi connectivity index (χ1n) is 2.08. The highest BCUT2D eigenvalue weighted by atomic mass is 79.9. The maximum Gasteiger partial charge on any atom is 0.0654 e. The van der Waals surface area contributed by atoms with Crippen molar-refractivity contribution in [3.8, 4) is 0 Å². The summed E-state index contributed by atoms with van der Waals surface area (Å²) in [6.45, 7) is 2.66. The van der Waals surface area contributed by atoms with Gasteiger partial charge in [-0.15, -0.1) is 0 Å². The van der Waals surface area contributed by atoms with Gasteiger partial charge in [0, 0.05) is 7.11 Å². The molecule has 0 rings (SSSR count). The molecule has 0 saturated heterocycles. The van der Waals surface area contributed by atoms with Crippen molar-refractivity contribution in [1.82, 2.24) is 0 Å². The molecule has 0 atom stereocenters. The molecular formula is C5H9BrO. The summed E-state index contributed by atoms with van der Waals surface area (Å²) < 4.78 is 5.87. The van der Waals surface area contributed by atoms with E-state index in [0.717, 1.165) is 4.48 Å². The third kappa shape index (κ3) is 6.18. The second-order valence-electron chi connectivity index (χ2n) is 1.25. The van der Waals surface area contributed by atoms with Gasteiger partial charge >= 0.3 is 0 Å². The molecule has 0 heterocycles. The molecule has 1 nitrogen and oxygen atoms in total. The first kappa shape index (κ1) is 7.18. The molecule has 0 aromatic rings. The lowest BCUT2D eigenvalue weighted by Crippen LogP contribution is -1.79. The number of halogens is 1. The Morgan fingerprint density at radius 1 is 1.86 bits per heavy atom. The Kier molecular flexibility index (Phi) is 4.45. The van der Waals surface area contributed by atoms with E-state index in [1.807, 2.05) is 13.0 Å². The topological polar surface area (TPSA) is 9.23 Å². The lowest BCUT2D eigenvalue weighted by molar-refractivity contribution is 0.233. The standard InChI is InChI=1S/C5H9BrO/c1-5(6)3-4-7-2/h3H,4H2,1-2H3/b5-3-. The summed E-state index contributed by atoms with van der Waals surface area (Å²) in [5.74, 6) is 0. The Balaban J connectivity index is 3.08. The third-order valence-electron chi connectivity index (χ3n) is 0.531. The SMILES string of the molecule is COC/C=C(/C)Br. The molecular weight excluding hydrogens is 156 g/mol. The van der Waals surface area contributed by atoms with Crippen LogP contribution in [0.3, 0.4) is 0 Å². The van der Waals surface area contributed by atoms with E-state index < -0.39 is 0 Å². The summed E-state index contributed by atoms with van der Waals surface area (Å²) in [7, 11) is 1.67. The molecule has 0 fully saturated rings. The fourth-order valence-corrected chi connectivity index (χ4v) is 0.330. The van der Waals surface area contributed by atoms with Gasteiger partial charge in [-0.1, -0.05) is 15.9 Å². The maximum atomic E-state index is 4.75. The number of hydrogen-bond donors (Lipinski definition) is 0. The van der Waals surface area contributed by atoms with Crippen molar-refractivity contribution in [1.29, 1.82) is 0 Å². The van der Waals surface area contributed by atoms with E-state index in [2.05, 4.69) is 15.9 Å². The fourth-order valence-electron chi connectivity index (χ4n) is 0.198. The lowest BCUT2D eigenvalue weighted by Gasteiger charge is -1.86. The summed E-state index contributed by atoms with van der Waals surface area (Å²) in [6, 6.07) is 0. The highest BCUT2D eigenvalue weighted by Gasteiger charge is 1.74. The van der Waals surface area contributed by atoms with Crippen LogP contribution in [0.1, 0.15) is 6.92 Å². The average molecular weight is 165 g/mol. The molecule has 7 heavy (non-hydrogen) atoms. The highest BCUT2D eigenvalue weighted by molar-refractivity contribution is 9.11. The second-order valence-corrected chi connectivity index (χ2v) is 2.50. The zero-order chi connectivity index (χ0) is 5.70. The van der Waals surface area contributed by atoms with Gasteiger partial charge in [-0.05, 0) is 17.5 Å². The zero-order valence-corrected chi connectivity index (χ0v) is 6.16. The molecule has 0 N–H and O–H groups in total. The van der Waals surface area contributed by atoms with Gasteiger partial charge in [0.15, 0.2) is 0 Å². The molecule has 0 aliphatic heterocycles. The van der Waals surface area contributed by atoms with Crippen LogP contribution in [0.5, 0.6) is 0 Å². The molecule has 0 aromatic carbocycles. The van der Waals surface area contributed by atoms with Crippen LogP contribution in [-0.2, 0) is 4.74 Å². The van der Waals surface area contributed by atoms with Gasteiger partial charge in [0.25, 0.3) is 0 Å². The van der Waals surface area contributed by atoms with Crippen molar-refractivity contribution in [2.45, 2.75) is 6.92 Å². The summed E-state index contributed by atoms with van der Waals surface area (Å²) in [4.78, 5) is 0. The largest absolute Gasteiger partial charge is 0.381 e. The minimum atomic E-state index is 0.692. The van der Waals surface area contributed by atoms with Crippen LogP contribution in [0.15, 0.2) is 10.6 Å². The van der Waals surface area contributed by atoms with Crippen molar-refractivity contribution in [3.05, 3.63) is 10.6 Å². The average Bonchev–Trinajstić information content (AvgIpc) is 1.61. The zero-order valence-electron chi connectivity index (χ0n) is 4.57. The minimum Gasteiger partial charge on any atom is -0.381 e. The van der Waals surface area contributed by atoms with Gasteiger partial charge in [0.2, 0.25) is 0 Å². The van der Waals surface area contributed by atoms with Crippen LogP contribution in [0, 0.1) is 0 Å². The van der Waals surface area contributed by atoms with Crippen LogP contribution in [-0.4, -0.2) is 13.7 Å². The van der Waals surface area contributed by atoms with Crippen molar-refractivity contribution in [3.63, 3.8) is 0 Å². The monoisotopic (exact) mass is 164 g/mol. The molecule has 0 bridgehead atoms. The van der Waals surface area contributed by atoms with Crippen LogP contribution < -0.4 is 0 Å². The molecule has 0 aliphatic carbocycles. The predicted molar refractivity (Wildman–Crippen MR) is 34.6 cm³/mol. The number of rotatable bonds is 2. The van der Waals surface area contributed by atoms with Crippen molar-refractivity contribution in [2.75, 3.05) is 13.7 Å². The van der Waals surface area contributed by atoms with Gasteiger partial charge in [-0.25, -0.2) is 0 Å². The molecule has 0 saturated carbocycles. The Morgan fingerprint density at radius 3 is 2.57 bits per heavy atom. The molecule has 0 aromatic heterocycles. The summed E-state index contributed by atoms with van der Waals surface area (Å²) in [6.07, 6.45) is 1.96. The van der Waals surface area contributed by atoms with Gasteiger partial charge in [-0.2, -0.15) is 0 Å². The molecule has 0 radical (unpaired) electrons. The van der Waals surface area contributed by atoms with Gasteiger partial charge < -0.3 is 4.74 Å². The van der Waals surface area contributed by atoms with Crippen molar-refractivity contribution >= 4 is 15.9 Å². The van der Waals surface area contributed by atoms with Crippen molar-refractivity contribution in [2.24, 2.45) is 0 Å². The molecule has 0 spiro atoms. The maximum absolute atomic E-state index is 4.75.